The molecule has 0 bridgehead atoms. The van der Waals surface area contributed by atoms with Crippen molar-refractivity contribution in [2.24, 2.45) is 4.99 Å². The molecule has 79 heavy (non-hydrogen) atoms. The van der Waals surface area contributed by atoms with Crippen molar-refractivity contribution in [1.29, 1.82) is 0 Å². The van der Waals surface area contributed by atoms with Crippen LogP contribution in [0.2, 0.25) is 5.02 Å². The molecule has 0 saturated carbocycles. The summed E-state index contributed by atoms with van der Waals surface area (Å²) in [6, 6.07) is 24.3. The first-order valence-electron chi connectivity index (χ1n) is 26.5. The molecule has 0 aliphatic carbocycles. The van der Waals surface area contributed by atoms with Crippen molar-refractivity contribution in [3.8, 4) is 27.8 Å². The maximum atomic E-state index is 13.3. The van der Waals surface area contributed by atoms with E-state index in [1.54, 1.807) is 23.5 Å². The van der Waals surface area contributed by atoms with Crippen LogP contribution < -0.4 is 15.8 Å². The fourth-order valence-electron chi connectivity index (χ4n) is 9.26. The van der Waals surface area contributed by atoms with Crippen molar-refractivity contribution >= 4 is 57.3 Å². The second kappa shape index (κ2) is 28.3. The van der Waals surface area contributed by atoms with Gasteiger partial charge < -0.3 is 49.1 Å². The van der Waals surface area contributed by atoms with Gasteiger partial charge >= 0.3 is 0 Å². The van der Waals surface area contributed by atoms with Crippen LogP contribution in [0, 0.1) is 20.8 Å². The second-order valence-electron chi connectivity index (χ2n) is 18.8. The largest absolute Gasteiger partial charge is 0.457 e. The Morgan fingerprint density at radius 2 is 1.43 bits per heavy atom. The summed E-state index contributed by atoms with van der Waals surface area (Å²) in [5, 5.41) is 19.1. The quantitative estimate of drug-likeness (QED) is 0.0350. The first-order valence-corrected chi connectivity index (χ1v) is 27.7. The number of nitrogens with two attached hydrogens (primary N) is 1. The number of nitrogen functional groups attached to an aromatic ring is 1. The number of para-hydroxylation sites is 1. The van der Waals surface area contributed by atoms with Gasteiger partial charge in [0.25, 0.3) is 0 Å². The summed E-state index contributed by atoms with van der Waals surface area (Å²) in [7, 11) is 0. The lowest BCUT2D eigenvalue weighted by Crippen LogP contribution is -2.40. The highest BCUT2D eigenvalue weighted by atomic mass is 35.5. The Morgan fingerprint density at radius 1 is 0.785 bits per heavy atom. The van der Waals surface area contributed by atoms with E-state index in [2.05, 4.69) is 39.3 Å². The zero-order valence-corrected chi connectivity index (χ0v) is 46.3. The minimum Gasteiger partial charge on any atom is -0.457 e. The maximum Gasteiger partial charge on any atom is 0.246 e. The number of fused-ring (bicyclic) bond motifs is 4. The molecule has 0 unspecified atom stereocenters. The molecule has 2 atom stereocenters. The van der Waals surface area contributed by atoms with Gasteiger partial charge in [-0.15, -0.1) is 21.5 Å². The van der Waals surface area contributed by atoms with Gasteiger partial charge in [-0.1, -0.05) is 48.0 Å². The molecule has 6 heterocycles. The predicted molar refractivity (Wildman–Crippen MR) is 301 cm³/mol. The molecule has 20 nitrogen and oxygen atoms in total. The minimum absolute atomic E-state index is 0.0886. The van der Waals surface area contributed by atoms with Gasteiger partial charge in [0.15, 0.2) is 11.5 Å². The van der Waals surface area contributed by atoms with Crippen molar-refractivity contribution in [2.75, 3.05) is 105 Å². The first-order chi connectivity index (χ1) is 38.6. The maximum absolute atomic E-state index is 13.3. The summed E-state index contributed by atoms with van der Waals surface area (Å²) < 4.78 is 43.7. The molecule has 1 fully saturated rings. The Hall–Kier alpha value is -6.95. The summed E-state index contributed by atoms with van der Waals surface area (Å²) >= 11 is 7.90. The SMILES string of the molecule is Cc1sc2c(c1C)C(c1ccc(Cl)cc1)=N[C@@H](CC(=O)NCCOCCOCCOCCOCCOCCOC/C=C/C(=O)N1CCC[C@@H](n3nc(-c4ccc(Oc5ccccc5)cc4)c4c(N)ncnc43)C1)c1nnc(C)n1-2. The molecule has 4 aromatic heterocycles. The van der Waals surface area contributed by atoms with Crippen molar-refractivity contribution in [3.63, 3.8) is 0 Å². The van der Waals surface area contributed by atoms with E-state index < -0.39 is 6.04 Å². The molecule has 3 N–H and O–H groups in total. The van der Waals surface area contributed by atoms with E-state index in [0.717, 1.165) is 57.4 Å². The van der Waals surface area contributed by atoms with Crippen LogP contribution in [0.15, 0.2) is 102 Å². The number of piperidine rings is 1. The normalized spacial score (nSPS) is 15.3. The number of amides is 2. The number of aliphatic imine (C=N–C) groups is 1. The molecule has 22 heteroatoms. The van der Waals surface area contributed by atoms with E-state index in [1.807, 2.05) is 99.9 Å². The highest BCUT2D eigenvalue weighted by molar-refractivity contribution is 7.15. The van der Waals surface area contributed by atoms with Gasteiger partial charge in [0.05, 0.1) is 103 Å². The van der Waals surface area contributed by atoms with Crippen molar-refractivity contribution < 1.29 is 42.7 Å². The number of anilines is 1. The lowest BCUT2D eigenvalue weighted by molar-refractivity contribution is -0.127. The van der Waals surface area contributed by atoms with Crippen LogP contribution in [0.3, 0.4) is 0 Å². The van der Waals surface area contributed by atoms with Crippen LogP contribution in [-0.2, 0) is 38.0 Å². The van der Waals surface area contributed by atoms with Crippen LogP contribution >= 0.6 is 22.9 Å². The summed E-state index contributed by atoms with van der Waals surface area (Å²) in [4.78, 5) is 43.5. The topological polar surface area (TPSA) is 227 Å². The van der Waals surface area contributed by atoms with E-state index >= 15 is 0 Å². The van der Waals surface area contributed by atoms with Gasteiger partial charge in [0.1, 0.15) is 46.2 Å². The highest BCUT2D eigenvalue weighted by Gasteiger charge is 2.33. The number of nitrogens with one attached hydrogen (secondary N) is 1. The summed E-state index contributed by atoms with van der Waals surface area (Å²) in [5.41, 5.74) is 12.4. The molecule has 9 rings (SSSR count). The van der Waals surface area contributed by atoms with E-state index in [1.165, 1.54) is 11.2 Å². The predicted octanol–water partition coefficient (Wildman–Crippen LogP) is 8.01. The smallest absolute Gasteiger partial charge is 0.246 e. The lowest BCUT2D eigenvalue weighted by Gasteiger charge is -2.32. The molecular formula is C57H66ClN11O9S. The number of hydrogen-bond acceptors (Lipinski definition) is 17. The Morgan fingerprint density at radius 3 is 2.13 bits per heavy atom. The molecule has 0 spiro atoms. The van der Waals surface area contributed by atoms with Gasteiger partial charge in [-0.3, -0.25) is 19.1 Å². The highest BCUT2D eigenvalue weighted by Crippen LogP contribution is 2.40. The standard InChI is InChI=1S/C57H66ClN11O9S/c1-38-39(2)79-57-50(38)52(41-13-17-43(58)18-14-41)63-47(55-65-64-40(3)68(55)57)35-48(70)60-21-24-73-26-28-75-30-32-77-34-33-76-31-29-74-27-25-72-23-8-12-49(71)67-22-7-9-44(36-67)69-56-51(54(59)61-37-62-56)53(66-69)42-15-19-46(20-16-42)78-45-10-5-4-6-11-45/h4-6,8,10-20,37,44,47H,7,9,21-36H2,1-3H3,(H,60,70)(H2,59,61,62)/b12-8+/t44-,47+/m1/s1. The number of likely N-dealkylation sites (tertiary alicyclic amines) is 1. The van der Waals surface area contributed by atoms with Gasteiger partial charge in [-0.05, 0) is 87.7 Å². The number of halogens is 1. The van der Waals surface area contributed by atoms with Crippen LogP contribution in [-0.4, -0.2) is 156 Å². The molecule has 2 aliphatic heterocycles. The van der Waals surface area contributed by atoms with Gasteiger partial charge in [0.2, 0.25) is 11.8 Å². The van der Waals surface area contributed by atoms with Crippen LogP contribution in [0.25, 0.3) is 27.3 Å². The molecule has 1 saturated heterocycles. The zero-order chi connectivity index (χ0) is 54.9. The van der Waals surface area contributed by atoms with Crippen LogP contribution in [0.4, 0.5) is 5.82 Å². The molecule has 416 valence electrons. The molecule has 0 radical (unpaired) electrons. The summed E-state index contributed by atoms with van der Waals surface area (Å²) in [6.07, 6.45) is 6.48. The van der Waals surface area contributed by atoms with E-state index in [-0.39, 0.29) is 30.9 Å². The van der Waals surface area contributed by atoms with Gasteiger partial charge in [-0.2, -0.15) is 5.10 Å². The van der Waals surface area contributed by atoms with E-state index in [4.69, 9.17) is 60.6 Å². The molecular weight excluding hydrogens is 1050 g/mol. The fraction of sp³-hybridized carbons (Fsp3) is 0.404. The van der Waals surface area contributed by atoms with Gasteiger partial charge in [-0.25, -0.2) is 14.6 Å². The number of nitrogens with zero attached hydrogens (tertiary/aromatic N) is 9. The molecule has 2 amide bonds. The van der Waals surface area contributed by atoms with Crippen molar-refractivity contribution in [1.82, 2.24) is 44.7 Å². The number of ether oxygens (including phenoxy) is 7. The van der Waals surface area contributed by atoms with E-state index in [0.29, 0.717) is 131 Å². The molecule has 3 aromatic carbocycles. The molecule has 2 aliphatic rings. The first kappa shape index (κ1) is 56.8. The second-order valence-corrected chi connectivity index (χ2v) is 20.4. The number of benzene rings is 3. The Balaban J connectivity index is 0.579. The number of thiophene rings is 1. The third-order valence-electron chi connectivity index (χ3n) is 13.3. The number of carbonyl (C=O) groups is 2. The number of hydrogen-bond donors (Lipinski definition) is 2. The summed E-state index contributed by atoms with van der Waals surface area (Å²) in [5.74, 6) is 2.91. The van der Waals surface area contributed by atoms with Crippen molar-refractivity contribution in [2.45, 2.75) is 52.1 Å². The Kier molecular flexibility index (Phi) is 20.3. The average Bonchev–Trinajstić information content (AvgIpc) is 4.30. The lowest BCUT2D eigenvalue weighted by atomic mass is 9.99. The van der Waals surface area contributed by atoms with E-state index in [9.17, 15) is 9.59 Å². The minimum atomic E-state index is -0.547. The number of aromatic nitrogens is 7. The van der Waals surface area contributed by atoms with Crippen LogP contribution in [0.1, 0.15) is 64.6 Å². The average molecular weight is 1120 g/mol. The van der Waals surface area contributed by atoms with Crippen molar-refractivity contribution in [3.05, 3.63) is 136 Å². The monoisotopic (exact) mass is 1120 g/mol. The Bertz CT molecular complexity index is 3190. The number of carbonyl (C=O) groups excluding carboxylic acids is 2. The number of aryl methyl sites for hydroxylation is 2. The summed E-state index contributed by atoms with van der Waals surface area (Å²) in [6.45, 7) is 12.3. The number of rotatable bonds is 28. The molecule has 7 aromatic rings. The third-order valence-corrected chi connectivity index (χ3v) is 14.8. The zero-order valence-electron chi connectivity index (χ0n) is 44.7. The third kappa shape index (κ3) is 14.8. The van der Waals surface area contributed by atoms with Crippen LogP contribution in [0.5, 0.6) is 11.5 Å². The fourth-order valence-corrected chi connectivity index (χ4v) is 10.6. The Labute approximate surface area is 467 Å². The van der Waals surface area contributed by atoms with Gasteiger partial charge in [0, 0.05) is 52.3 Å².